The van der Waals surface area contributed by atoms with Gasteiger partial charge in [0.2, 0.25) is 11.9 Å². The van der Waals surface area contributed by atoms with E-state index in [2.05, 4.69) is 11.9 Å². The maximum Gasteiger partial charge on any atom is 0.332 e. The molecular weight excluding hydrogens is 388 g/mol. The molecule has 158 valence electrons. The number of ether oxygens (including phenoxy) is 1. The molecule has 0 radical (unpaired) electrons. The van der Waals surface area contributed by atoms with Crippen molar-refractivity contribution < 1.29 is 9.53 Å². The van der Waals surface area contributed by atoms with Crippen LogP contribution in [0.25, 0.3) is 11.2 Å². The van der Waals surface area contributed by atoms with Crippen molar-refractivity contribution in [1.29, 1.82) is 0 Å². The number of methoxy groups -OCH3 is 1. The van der Waals surface area contributed by atoms with Gasteiger partial charge in [-0.25, -0.2) is 9.36 Å². The van der Waals surface area contributed by atoms with Gasteiger partial charge in [-0.1, -0.05) is 13.0 Å². The second kappa shape index (κ2) is 7.05. The van der Waals surface area contributed by atoms with Crippen molar-refractivity contribution in [2.24, 2.45) is 18.7 Å². The highest BCUT2D eigenvalue weighted by molar-refractivity contribution is 5.79. The average molecular weight is 412 g/mol. The molecule has 1 atom stereocenters. The molecule has 1 amide bonds. The predicted molar refractivity (Wildman–Crippen MR) is 112 cm³/mol. The SMILES string of the molecule is COc1ccc(C)cc1N1C[C@H](C)Cn2c1nc1c2c(=O)n(CC(N)=O)c(=O)n1C. The predicted octanol–water partition coefficient (Wildman–Crippen LogP) is 0.487. The number of nitrogens with two attached hydrogens (primary N) is 1. The minimum Gasteiger partial charge on any atom is -0.495 e. The maximum atomic E-state index is 13.1. The minimum absolute atomic E-state index is 0.196. The van der Waals surface area contributed by atoms with E-state index < -0.39 is 23.7 Å². The monoisotopic (exact) mass is 412 g/mol. The van der Waals surface area contributed by atoms with Gasteiger partial charge in [0.05, 0.1) is 12.8 Å². The zero-order valence-electron chi connectivity index (χ0n) is 17.4. The smallest absolute Gasteiger partial charge is 0.332 e. The Bertz CT molecular complexity index is 1290. The van der Waals surface area contributed by atoms with Gasteiger partial charge in [-0.2, -0.15) is 4.98 Å². The topological polar surface area (TPSA) is 117 Å². The van der Waals surface area contributed by atoms with E-state index in [9.17, 15) is 14.4 Å². The first-order valence-electron chi connectivity index (χ1n) is 9.63. The Balaban J connectivity index is 2.03. The zero-order chi connectivity index (χ0) is 21.7. The lowest BCUT2D eigenvalue weighted by molar-refractivity contribution is -0.118. The van der Waals surface area contributed by atoms with Gasteiger partial charge in [0.25, 0.3) is 5.56 Å². The Morgan fingerprint density at radius 3 is 2.70 bits per heavy atom. The Morgan fingerprint density at radius 2 is 2.03 bits per heavy atom. The first kappa shape index (κ1) is 19.7. The molecule has 1 aliphatic rings. The van der Waals surface area contributed by atoms with Gasteiger partial charge in [0, 0.05) is 20.1 Å². The van der Waals surface area contributed by atoms with Crippen LogP contribution >= 0.6 is 0 Å². The summed E-state index contributed by atoms with van der Waals surface area (Å²) >= 11 is 0. The van der Waals surface area contributed by atoms with Crippen molar-refractivity contribution in [2.75, 3.05) is 18.6 Å². The fraction of sp³-hybridized carbons (Fsp3) is 0.400. The number of anilines is 2. The van der Waals surface area contributed by atoms with E-state index in [1.165, 1.54) is 11.6 Å². The fourth-order valence-corrected chi connectivity index (χ4v) is 4.01. The lowest BCUT2D eigenvalue weighted by atomic mass is 10.1. The highest BCUT2D eigenvalue weighted by Gasteiger charge is 2.31. The standard InChI is InChI=1S/C20H24N6O4/c1-11-5-6-14(30-4)13(7-11)24-8-12(2)9-25-16-17(22-19(24)25)23(3)20(29)26(18(16)28)10-15(21)27/h5-7,12H,8-10H2,1-4H3,(H2,21,27)/t12-/m0/s1. The van der Waals surface area contributed by atoms with Crippen LogP contribution in [0.3, 0.4) is 0 Å². The number of fused-ring (bicyclic) bond motifs is 3. The zero-order valence-corrected chi connectivity index (χ0v) is 17.4. The molecule has 2 N–H and O–H groups in total. The average Bonchev–Trinajstić information content (AvgIpc) is 3.08. The van der Waals surface area contributed by atoms with Gasteiger partial charge < -0.3 is 19.9 Å². The molecule has 3 heterocycles. The Labute approximate surface area is 172 Å². The lowest BCUT2D eigenvalue weighted by Crippen LogP contribution is -2.43. The number of hydrogen-bond acceptors (Lipinski definition) is 6. The van der Waals surface area contributed by atoms with Gasteiger partial charge in [-0.15, -0.1) is 0 Å². The largest absolute Gasteiger partial charge is 0.495 e. The van der Waals surface area contributed by atoms with Crippen molar-refractivity contribution in [3.05, 3.63) is 44.6 Å². The van der Waals surface area contributed by atoms with Crippen LogP contribution in [0.5, 0.6) is 5.75 Å². The van der Waals surface area contributed by atoms with Crippen LogP contribution in [-0.4, -0.2) is 38.2 Å². The molecule has 0 saturated carbocycles. The number of amides is 1. The molecule has 30 heavy (non-hydrogen) atoms. The highest BCUT2D eigenvalue weighted by Crippen LogP contribution is 2.38. The molecule has 4 rings (SSSR count). The summed E-state index contributed by atoms with van der Waals surface area (Å²) in [7, 11) is 3.14. The molecule has 1 aromatic carbocycles. The van der Waals surface area contributed by atoms with Crippen LogP contribution in [0, 0.1) is 12.8 Å². The number of primary amides is 1. The first-order valence-corrected chi connectivity index (χ1v) is 9.63. The summed E-state index contributed by atoms with van der Waals surface area (Å²) in [6, 6.07) is 5.86. The first-order chi connectivity index (χ1) is 14.2. The van der Waals surface area contributed by atoms with E-state index in [4.69, 9.17) is 10.5 Å². The molecule has 0 unspecified atom stereocenters. The third kappa shape index (κ3) is 2.95. The second-order valence-corrected chi connectivity index (χ2v) is 7.78. The Morgan fingerprint density at radius 1 is 1.30 bits per heavy atom. The summed E-state index contributed by atoms with van der Waals surface area (Å²) in [6.45, 7) is 4.82. The van der Waals surface area contributed by atoms with Gasteiger partial charge in [-0.05, 0) is 30.5 Å². The molecule has 0 fully saturated rings. The molecule has 0 bridgehead atoms. The van der Waals surface area contributed by atoms with E-state index in [1.54, 1.807) is 7.11 Å². The van der Waals surface area contributed by atoms with Crippen LogP contribution in [-0.2, 0) is 24.9 Å². The Hall–Kier alpha value is -3.56. The van der Waals surface area contributed by atoms with Crippen LogP contribution in [0.15, 0.2) is 27.8 Å². The molecular formula is C20H24N6O4. The van der Waals surface area contributed by atoms with E-state index in [1.807, 2.05) is 34.6 Å². The van der Waals surface area contributed by atoms with Crippen molar-refractivity contribution in [2.45, 2.75) is 26.9 Å². The number of hydrogen-bond donors (Lipinski definition) is 1. The number of aryl methyl sites for hydroxylation is 2. The van der Waals surface area contributed by atoms with Crippen molar-refractivity contribution in [3.8, 4) is 5.75 Å². The summed E-state index contributed by atoms with van der Waals surface area (Å²) in [5.74, 6) is 0.678. The van der Waals surface area contributed by atoms with E-state index in [0.29, 0.717) is 24.8 Å². The van der Waals surface area contributed by atoms with E-state index in [0.717, 1.165) is 15.8 Å². The molecule has 2 aromatic heterocycles. The third-order valence-corrected chi connectivity index (χ3v) is 5.38. The number of benzene rings is 1. The van der Waals surface area contributed by atoms with E-state index in [-0.39, 0.29) is 17.1 Å². The molecule has 3 aromatic rings. The Kier molecular flexibility index (Phi) is 4.64. The number of imidazole rings is 1. The van der Waals surface area contributed by atoms with E-state index >= 15 is 0 Å². The molecule has 0 spiro atoms. The highest BCUT2D eigenvalue weighted by atomic mass is 16.5. The normalized spacial score (nSPS) is 16.0. The molecule has 10 heteroatoms. The summed E-state index contributed by atoms with van der Waals surface area (Å²) in [4.78, 5) is 43.9. The van der Waals surface area contributed by atoms with Gasteiger partial charge in [-0.3, -0.25) is 14.2 Å². The summed E-state index contributed by atoms with van der Waals surface area (Å²) in [6.07, 6.45) is 0. The molecule has 1 aliphatic heterocycles. The number of carbonyl (C=O) groups is 1. The summed E-state index contributed by atoms with van der Waals surface area (Å²) in [5, 5.41) is 0. The van der Waals surface area contributed by atoms with Crippen molar-refractivity contribution >= 4 is 28.7 Å². The number of nitrogens with zero attached hydrogens (tertiary/aromatic N) is 5. The minimum atomic E-state index is -0.758. The third-order valence-electron chi connectivity index (χ3n) is 5.38. The molecule has 10 nitrogen and oxygen atoms in total. The van der Waals surface area contributed by atoms with Gasteiger partial charge in [0.1, 0.15) is 12.3 Å². The second-order valence-electron chi connectivity index (χ2n) is 7.78. The van der Waals surface area contributed by atoms with Crippen LogP contribution < -0.4 is 26.6 Å². The van der Waals surface area contributed by atoms with Gasteiger partial charge >= 0.3 is 5.69 Å². The number of rotatable bonds is 4. The summed E-state index contributed by atoms with van der Waals surface area (Å²) < 4.78 is 9.50. The summed E-state index contributed by atoms with van der Waals surface area (Å²) in [5.41, 5.74) is 6.48. The van der Waals surface area contributed by atoms with Crippen LogP contribution in [0.2, 0.25) is 0 Å². The lowest BCUT2D eigenvalue weighted by Gasteiger charge is -2.33. The van der Waals surface area contributed by atoms with Crippen molar-refractivity contribution in [1.82, 2.24) is 18.7 Å². The van der Waals surface area contributed by atoms with Crippen LogP contribution in [0.4, 0.5) is 11.6 Å². The quantitative estimate of drug-likeness (QED) is 0.666. The molecule has 0 aliphatic carbocycles. The van der Waals surface area contributed by atoms with Crippen molar-refractivity contribution in [3.63, 3.8) is 0 Å². The van der Waals surface area contributed by atoms with Crippen LogP contribution in [0.1, 0.15) is 12.5 Å². The number of carbonyl (C=O) groups excluding carboxylic acids is 1. The number of aromatic nitrogens is 4. The fourth-order valence-electron chi connectivity index (χ4n) is 4.01. The molecule has 0 saturated heterocycles. The van der Waals surface area contributed by atoms with Gasteiger partial charge in [0.15, 0.2) is 11.2 Å². The maximum absolute atomic E-state index is 13.1.